The zero-order valence-electron chi connectivity index (χ0n) is 13.4. The molecule has 1 aliphatic carbocycles. The Morgan fingerprint density at radius 1 is 1.12 bits per heavy atom. The zero-order chi connectivity index (χ0) is 16.4. The second-order valence-electron chi connectivity index (χ2n) is 6.13. The van der Waals surface area contributed by atoms with E-state index in [1.807, 2.05) is 6.07 Å². The van der Waals surface area contributed by atoms with Crippen molar-refractivity contribution in [1.82, 2.24) is 4.98 Å². The molecule has 1 aromatic heterocycles. The Morgan fingerprint density at radius 2 is 2.04 bits per heavy atom. The Labute approximate surface area is 146 Å². The highest BCUT2D eigenvalue weighted by molar-refractivity contribution is 7.99. The summed E-state index contributed by atoms with van der Waals surface area (Å²) in [5.74, 6) is 0.339. The highest BCUT2D eigenvalue weighted by atomic mass is 32.2. The van der Waals surface area contributed by atoms with Crippen molar-refractivity contribution in [3.8, 4) is 0 Å². The van der Waals surface area contributed by atoms with Crippen LogP contribution in [-0.4, -0.2) is 10.4 Å². The van der Waals surface area contributed by atoms with E-state index in [1.54, 1.807) is 11.8 Å². The minimum atomic E-state index is -0.414. The molecule has 0 radical (unpaired) electrons. The fourth-order valence-corrected chi connectivity index (χ4v) is 4.38. The molecule has 0 saturated carbocycles. The summed E-state index contributed by atoms with van der Waals surface area (Å²) in [5, 5.41) is 0.214. The molecule has 2 aromatic rings. The van der Waals surface area contributed by atoms with Crippen LogP contribution in [0.5, 0.6) is 0 Å². The number of hydrogen-bond acceptors (Lipinski definition) is 3. The monoisotopic (exact) mass is 338 g/mol. The summed E-state index contributed by atoms with van der Waals surface area (Å²) in [6, 6.07) is 10.2. The average Bonchev–Trinajstić information content (AvgIpc) is 3.08. The summed E-state index contributed by atoms with van der Waals surface area (Å²) in [7, 11) is 0. The molecule has 1 aromatic carbocycles. The van der Waals surface area contributed by atoms with Crippen molar-refractivity contribution in [2.45, 2.75) is 30.4 Å². The molecule has 2 heterocycles. The van der Waals surface area contributed by atoms with E-state index in [0.717, 1.165) is 11.3 Å². The lowest BCUT2D eigenvalue weighted by Gasteiger charge is -2.30. The molecule has 0 saturated heterocycles. The number of aryl methyl sites for hydroxylation is 2. The van der Waals surface area contributed by atoms with E-state index in [0.29, 0.717) is 0 Å². The van der Waals surface area contributed by atoms with Gasteiger partial charge >= 0.3 is 0 Å². The van der Waals surface area contributed by atoms with Crippen LogP contribution in [0.2, 0.25) is 0 Å². The minimum Gasteiger partial charge on any atom is -0.332 e. The fraction of sp³-hybridized carbons (Fsp3) is 0.250. The van der Waals surface area contributed by atoms with Gasteiger partial charge in [-0.15, -0.1) is 11.8 Å². The summed E-state index contributed by atoms with van der Waals surface area (Å²) in [4.78, 5) is 5.91. The molecule has 0 bridgehead atoms. The van der Waals surface area contributed by atoms with E-state index >= 15 is 0 Å². The maximum atomic E-state index is 13.2. The Morgan fingerprint density at radius 3 is 2.96 bits per heavy atom. The molecule has 0 fully saturated rings. The van der Waals surface area contributed by atoms with Crippen LogP contribution >= 0.6 is 11.8 Å². The molecular formula is C20H19FN2S. The number of allylic oxidation sites excluding steroid dienone is 2. The molecule has 1 atom stereocenters. The van der Waals surface area contributed by atoms with Gasteiger partial charge in [0.2, 0.25) is 5.95 Å². The molecular weight excluding hydrogens is 319 g/mol. The van der Waals surface area contributed by atoms with Crippen LogP contribution in [0, 0.1) is 5.95 Å². The molecule has 1 aliphatic heterocycles. The first kappa shape index (κ1) is 15.5. The quantitative estimate of drug-likeness (QED) is 0.741. The summed E-state index contributed by atoms with van der Waals surface area (Å²) < 4.78 is 13.2. The number of rotatable bonds is 4. The maximum Gasteiger partial charge on any atom is 0.213 e. The van der Waals surface area contributed by atoms with E-state index in [1.165, 1.54) is 48.3 Å². The number of hydrogen-bond donors (Lipinski definition) is 0. The Hall–Kier alpha value is -2.07. The van der Waals surface area contributed by atoms with E-state index in [9.17, 15) is 4.39 Å². The van der Waals surface area contributed by atoms with Gasteiger partial charge in [-0.05, 0) is 66.3 Å². The normalized spacial score (nSPS) is 18.9. The van der Waals surface area contributed by atoms with Crippen LogP contribution in [0.3, 0.4) is 0 Å². The molecule has 122 valence electrons. The molecule has 4 heteroatoms. The lowest BCUT2D eigenvalue weighted by Crippen LogP contribution is -2.27. The fourth-order valence-electron chi connectivity index (χ4n) is 3.28. The largest absolute Gasteiger partial charge is 0.332 e. The minimum absolute atomic E-state index is 0.214. The number of halogens is 1. The van der Waals surface area contributed by atoms with E-state index in [-0.39, 0.29) is 5.37 Å². The molecule has 2 nitrogen and oxygen atoms in total. The Bertz CT molecular complexity index is 800. The SMILES string of the molecule is Fc1cc(CSC2C=CC=CN2c2ccc3c(c2)CCC3)ccn1. The van der Waals surface area contributed by atoms with Gasteiger partial charge in [0.05, 0.1) is 5.37 Å². The van der Waals surface area contributed by atoms with Crippen LogP contribution in [0.1, 0.15) is 23.1 Å². The molecule has 0 amide bonds. The first-order chi connectivity index (χ1) is 11.8. The van der Waals surface area contributed by atoms with E-state index in [4.69, 9.17) is 0 Å². The van der Waals surface area contributed by atoms with Gasteiger partial charge in [-0.25, -0.2) is 4.98 Å². The zero-order valence-corrected chi connectivity index (χ0v) is 14.2. The smallest absolute Gasteiger partial charge is 0.213 e. The second kappa shape index (κ2) is 6.81. The van der Waals surface area contributed by atoms with E-state index < -0.39 is 5.95 Å². The van der Waals surface area contributed by atoms with Gasteiger partial charge in [0.15, 0.2) is 0 Å². The second-order valence-corrected chi connectivity index (χ2v) is 7.23. The van der Waals surface area contributed by atoms with Gasteiger partial charge < -0.3 is 4.90 Å². The van der Waals surface area contributed by atoms with Gasteiger partial charge in [-0.3, -0.25) is 0 Å². The lowest BCUT2D eigenvalue weighted by atomic mass is 10.1. The maximum absolute atomic E-state index is 13.2. The number of aromatic nitrogens is 1. The van der Waals surface area contributed by atoms with Crippen molar-refractivity contribution in [3.63, 3.8) is 0 Å². The lowest BCUT2D eigenvalue weighted by molar-refractivity contribution is 0.582. The summed E-state index contributed by atoms with van der Waals surface area (Å²) in [6.07, 6.45) is 13.6. The molecule has 0 N–H and O–H groups in total. The number of benzene rings is 1. The summed E-state index contributed by atoms with van der Waals surface area (Å²) in [5.41, 5.74) is 5.17. The number of fused-ring (bicyclic) bond motifs is 1. The Kier molecular flexibility index (Phi) is 4.39. The number of thioether (sulfide) groups is 1. The highest BCUT2D eigenvalue weighted by Gasteiger charge is 2.19. The summed E-state index contributed by atoms with van der Waals surface area (Å²) >= 11 is 1.79. The van der Waals surface area contributed by atoms with Crippen LogP contribution in [-0.2, 0) is 18.6 Å². The summed E-state index contributed by atoms with van der Waals surface area (Å²) in [6.45, 7) is 0. The predicted molar refractivity (Wildman–Crippen MR) is 98.5 cm³/mol. The molecule has 1 unspecified atom stereocenters. The molecule has 4 rings (SSSR count). The van der Waals surface area contributed by atoms with Crippen LogP contribution in [0.25, 0.3) is 0 Å². The third kappa shape index (κ3) is 3.24. The first-order valence-corrected chi connectivity index (χ1v) is 9.32. The average molecular weight is 338 g/mol. The third-order valence-corrected chi connectivity index (χ3v) is 5.73. The number of pyridine rings is 1. The van der Waals surface area contributed by atoms with Crippen molar-refractivity contribution < 1.29 is 4.39 Å². The molecule has 24 heavy (non-hydrogen) atoms. The molecule has 0 spiro atoms. The number of nitrogens with zero attached hydrogens (tertiary/aromatic N) is 2. The van der Waals surface area contributed by atoms with Gasteiger partial charge in [-0.1, -0.05) is 18.2 Å². The van der Waals surface area contributed by atoms with Gasteiger partial charge in [0.1, 0.15) is 0 Å². The van der Waals surface area contributed by atoms with Crippen LogP contribution < -0.4 is 4.90 Å². The predicted octanol–water partition coefficient (Wildman–Crippen LogP) is 4.86. The highest BCUT2D eigenvalue weighted by Crippen LogP contribution is 2.32. The topological polar surface area (TPSA) is 16.1 Å². The first-order valence-electron chi connectivity index (χ1n) is 8.27. The van der Waals surface area contributed by atoms with Crippen molar-refractivity contribution in [2.75, 3.05) is 4.90 Å². The van der Waals surface area contributed by atoms with Crippen molar-refractivity contribution in [1.29, 1.82) is 0 Å². The van der Waals surface area contributed by atoms with Crippen molar-refractivity contribution >= 4 is 17.4 Å². The van der Waals surface area contributed by atoms with E-state index in [2.05, 4.69) is 52.5 Å². The van der Waals surface area contributed by atoms with Gasteiger partial charge in [-0.2, -0.15) is 4.39 Å². The van der Waals surface area contributed by atoms with Crippen LogP contribution in [0.4, 0.5) is 10.1 Å². The standard InChI is InChI=1S/C20H19FN2S/c21-19-12-15(9-10-22-19)14-24-20-6-1-2-11-23(20)18-8-7-16-4-3-5-17(16)13-18/h1-2,6-13,20H,3-5,14H2. The molecule has 2 aliphatic rings. The third-order valence-electron chi connectivity index (χ3n) is 4.50. The van der Waals surface area contributed by atoms with Crippen molar-refractivity contribution in [2.24, 2.45) is 0 Å². The van der Waals surface area contributed by atoms with Gasteiger partial charge in [0, 0.05) is 23.8 Å². The number of anilines is 1. The van der Waals surface area contributed by atoms with Crippen LogP contribution in [0.15, 0.2) is 61.0 Å². The Balaban J connectivity index is 1.51. The van der Waals surface area contributed by atoms with Crippen molar-refractivity contribution in [3.05, 3.63) is 83.6 Å². The van der Waals surface area contributed by atoms with Gasteiger partial charge in [0.25, 0.3) is 0 Å².